The number of carbonyl (C=O) groups excluding carboxylic acids is 1. The van der Waals surface area contributed by atoms with Crippen molar-refractivity contribution in [2.75, 3.05) is 19.4 Å². The van der Waals surface area contributed by atoms with Crippen LogP contribution in [0.25, 0.3) is 0 Å². The van der Waals surface area contributed by atoms with E-state index in [0.717, 1.165) is 13.2 Å². The molecule has 0 aliphatic heterocycles. The Morgan fingerprint density at radius 2 is 2.06 bits per heavy atom. The highest BCUT2D eigenvalue weighted by atomic mass is 32.2. The standard InChI is InChI=1S/C9H10F2N2O4S/c1-17-8(14)4-13-18(15,16)7-3-5(12)2-6(10)9(7)11/h2-3,13H,4,12H2,1H3. The molecular formula is C9H10F2N2O4S. The summed E-state index contributed by atoms with van der Waals surface area (Å²) in [4.78, 5) is 9.80. The third-order valence-electron chi connectivity index (χ3n) is 1.94. The van der Waals surface area contributed by atoms with Gasteiger partial charge >= 0.3 is 5.97 Å². The van der Waals surface area contributed by atoms with E-state index >= 15 is 0 Å². The maximum atomic E-state index is 13.3. The van der Waals surface area contributed by atoms with Crippen molar-refractivity contribution in [2.24, 2.45) is 0 Å². The Morgan fingerprint density at radius 3 is 2.61 bits per heavy atom. The Labute approximate surface area is 102 Å². The zero-order chi connectivity index (χ0) is 13.9. The van der Waals surface area contributed by atoms with Crippen LogP contribution in [0.3, 0.4) is 0 Å². The van der Waals surface area contributed by atoms with Gasteiger partial charge in [-0.25, -0.2) is 17.2 Å². The number of nitrogens with one attached hydrogen (secondary N) is 1. The number of anilines is 1. The number of halogens is 2. The summed E-state index contributed by atoms with van der Waals surface area (Å²) in [6, 6.07) is 1.40. The number of carbonyl (C=O) groups is 1. The lowest BCUT2D eigenvalue weighted by Gasteiger charge is -2.08. The molecule has 0 saturated heterocycles. The predicted octanol–water partition coefficient (Wildman–Crippen LogP) is -0.00170. The smallest absolute Gasteiger partial charge is 0.320 e. The van der Waals surface area contributed by atoms with Crippen LogP contribution in [0.2, 0.25) is 0 Å². The fourth-order valence-corrected chi connectivity index (χ4v) is 2.17. The van der Waals surface area contributed by atoms with E-state index in [9.17, 15) is 22.0 Å². The van der Waals surface area contributed by atoms with Crippen LogP contribution in [-0.2, 0) is 19.6 Å². The van der Waals surface area contributed by atoms with Gasteiger partial charge < -0.3 is 10.5 Å². The highest BCUT2D eigenvalue weighted by molar-refractivity contribution is 7.89. The van der Waals surface area contributed by atoms with E-state index in [1.165, 1.54) is 0 Å². The largest absolute Gasteiger partial charge is 0.468 e. The Balaban J connectivity index is 3.09. The van der Waals surface area contributed by atoms with E-state index < -0.39 is 39.1 Å². The first-order valence-corrected chi connectivity index (χ1v) is 6.07. The zero-order valence-corrected chi connectivity index (χ0v) is 10.1. The van der Waals surface area contributed by atoms with Gasteiger partial charge in [-0.1, -0.05) is 0 Å². The minimum atomic E-state index is -4.39. The summed E-state index contributed by atoms with van der Waals surface area (Å²) in [5.74, 6) is -3.83. The number of nitrogens with two attached hydrogens (primary N) is 1. The summed E-state index contributed by atoms with van der Waals surface area (Å²) in [5, 5.41) is 0. The maximum Gasteiger partial charge on any atom is 0.320 e. The van der Waals surface area contributed by atoms with Crippen molar-refractivity contribution in [2.45, 2.75) is 4.90 Å². The second-order valence-corrected chi connectivity index (χ2v) is 4.95. The SMILES string of the molecule is COC(=O)CNS(=O)(=O)c1cc(N)cc(F)c1F. The third-order valence-corrected chi connectivity index (χ3v) is 3.34. The van der Waals surface area contributed by atoms with Crippen LogP contribution in [0.1, 0.15) is 0 Å². The van der Waals surface area contributed by atoms with Crippen molar-refractivity contribution in [3.63, 3.8) is 0 Å². The molecule has 0 fully saturated rings. The van der Waals surface area contributed by atoms with Crippen molar-refractivity contribution in [1.82, 2.24) is 4.72 Å². The second-order valence-electron chi connectivity index (χ2n) is 3.22. The Hall–Kier alpha value is -1.74. The molecule has 0 unspecified atom stereocenters. The van der Waals surface area contributed by atoms with E-state index in [2.05, 4.69) is 4.74 Å². The van der Waals surface area contributed by atoms with Gasteiger partial charge in [-0.05, 0) is 12.1 Å². The molecule has 1 rings (SSSR count). The monoisotopic (exact) mass is 280 g/mol. The van der Waals surface area contributed by atoms with Crippen LogP contribution in [0.5, 0.6) is 0 Å². The Morgan fingerprint density at radius 1 is 1.44 bits per heavy atom. The molecule has 0 saturated carbocycles. The molecule has 6 nitrogen and oxygen atoms in total. The number of ether oxygens (including phenoxy) is 1. The predicted molar refractivity (Wildman–Crippen MR) is 58.0 cm³/mol. The van der Waals surface area contributed by atoms with Crippen molar-refractivity contribution in [1.29, 1.82) is 0 Å². The van der Waals surface area contributed by atoms with Gasteiger partial charge in [-0.3, -0.25) is 4.79 Å². The maximum absolute atomic E-state index is 13.3. The molecule has 0 heterocycles. The molecule has 3 N–H and O–H groups in total. The summed E-state index contributed by atoms with van der Waals surface area (Å²) >= 11 is 0. The third kappa shape index (κ3) is 3.14. The fourth-order valence-electron chi connectivity index (χ4n) is 1.08. The molecule has 1 aromatic carbocycles. The molecule has 0 amide bonds. The number of esters is 1. The second kappa shape index (κ2) is 5.27. The molecule has 0 spiro atoms. The Kier molecular flexibility index (Phi) is 4.19. The van der Waals surface area contributed by atoms with Gasteiger partial charge in [-0.2, -0.15) is 4.72 Å². The first kappa shape index (κ1) is 14.3. The summed E-state index contributed by atoms with van der Waals surface area (Å²) in [5.41, 5.74) is 4.96. The molecule has 0 atom stereocenters. The molecule has 0 radical (unpaired) electrons. The van der Waals surface area contributed by atoms with Crippen molar-refractivity contribution in [3.05, 3.63) is 23.8 Å². The van der Waals surface area contributed by atoms with Crippen LogP contribution < -0.4 is 10.5 Å². The topological polar surface area (TPSA) is 98.5 Å². The normalized spacial score (nSPS) is 11.3. The zero-order valence-electron chi connectivity index (χ0n) is 9.24. The number of nitrogen functional groups attached to an aromatic ring is 1. The van der Waals surface area contributed by atoms with Crippen molar-refractivity contribution < 1.29 is 26.7 Å². The quantitative estimate of drug-likeness (QED) is 0.597. The molecule has 100 valence electrons. The summed E-state index contributed by atoms with van der Waals surface area (Å²) in [6.45, 7) is -0.700. The molecule has 0 aliphatic rings. The van der Waals surface area contributed by atoms with E-state index in [0.29, 0.717) is 6.07 Å². The van der Waals surface area contributed by atoms with Crippen molar-refractivity contribution in [3.8, 4) is 0 Å². The van der Waals surface area contributed by atoms with Gasteiger partial charge in [-0.15, -0.1) is 0 Å². The van der Waals surface area contributed by atoms with Gasteiger partial charge in [0, 0.05) is 5.69 Å². The van der Waals surface area contributed by atoms with E-state index in [1.54, 1.807) is 4.72 Å². The fraction of sp³-hybridized carbons (Fsp3) is 0.222. The first-order chi connectivity index (χ1) is 8.27. The average molecular weight is 280 g/mol. The van der Waals surface area contributed by atoms with Crippen LogP contribution in [-0.4, -0.2) is 28.0 Å². The van der Waals surface area contributed by atoms with Gasteiger partial charge in [0.05, 0.1) is 7.11 Å². The molecule has 0 bridgehead atoms. The number of sulfonamides is 1. The number of hydrogen-bond acceptors (Lipinski definition) is 5. The molecule has 18 heavy (non-hydrogen) atoms. The van der Waals surface area contributed by atoms with Gasteiger partial charge in [0.15, 0.2) is 11.6 Å². The number of hydrogen-bond donors (Lipinski definition) is 2. The van der Waals surface area contributed by atoms with E-state index in [1.807, 2.05) is 0 Å². The van der Waals surface area contributed by atoms with E-state index in [4.69, 9.17) is 5.73 Å². The van der Waals surface area contributed by atoms with Crippen LogP contribution in [0, 0.1) is 11.6 Å². The lowest BCUT2D eigenvalue weighted by Crippen LogP contribution is -2.31. The van der Waals surface area contributed by atoms with Crippen LogP contribution in [0.4, 0.5) is 14.5 Å². The summed E-state index contributed by atoms with van der Waals surface area (Å²) in [7, 11) is -3.33. The average Bonchev–Trinajstić information content (AvgIpc) is 2.30. The molecule has 0 aromatic heterocycles. The molecule has 9 heteroatoms. The number of rotatable bonds is 4. The summed E-state index contributed by atoms with van der Waals surface area (Å²) < 4.78 is 55.5. The highest BCUT2D eigenvalue weighted by Gasteiger charge is 2.23. The van der Waals surface area contributed by atoms with Crippen LogP contribution >= 0.6 is 0 Å². The number of benzene rings is 1. The van der Waals surface area contributed by atoms with Gasteiger partial charge in [0.1, 0.15) is 11.4 Å². The lowest BCUT2D eigenvalue weighted by atomic mass is 10.3. The van der Waals surface area contributed by atoms with Gasteiger partial charge in [0.25, 0.3) is 0 Å². The Bertz CT molecular complexity index is 574. The summed E-state index contributed by atoms with van der Waals surface area (Å²) in [6.07, 6.45) is 0. The minimum Gasteiger partial charge on any atom is -0.468 e. The molecule has 0 aliphatic carbocycles. The highest BCUT2D eigenvalue weighted by Crippen LogP contribution is 2.20. The molecular weight excluding hydrogens is 270 g/mol. The van der Waals surface area contributed by atoms with Crippen LogP contribution in [0.15, 0.2) is 17.0 Å². The van der Waals surface area contributed by atoms with Crippen molar-refractivity contribution >= 4 is 21.7 Å². The number of methoxy groups -OCH3 is 1. The van der Waals surface area contributed by atoms with Gasteiger partial charge in [0.2, 0.25) is 10.0 Å². The molecule has 1 aromatic rings. The lowest BCUT2D eigenvalue weighted by molar-refractivity contribution is -0.139. The van der Waals surface area contributed by atoms with E-state index in [-0.39, 0.29) is 5.69 Å². The minimum absolute atomic E-state index is 0.257. The first-order valence-electron chi connectivity index (χ1n) is 4.59.